The van der Waals surface area contributed by atoms with Crippen LogP contribution in [0.3, 0.4) is 0 Å². The van der Waals surface area contributed by atoms with Crippen LogP contribution in [0, 0.1) is 17.0 Å². The first-order chi connectivity index (χ1) is 13.3. The Morgan fingerprint density at radius 3 is 2.54 bits per heavy atom. The predicted molar refractivity (Wildman–Crippen MR) is 106 cm³/mol. The monoisotopic (exact) mass is 418 g/mol. The summed E-state index contributed by atoms with van der Waals surface area (Å²) in [5.41, 5.74) is -0.463. The molecule has 0 unspecified atom stereocenters. The van der Waals surface area contributed by atoms with E-state index in [0.29, 0.717) is 16.4 Å². The summed E-state index contributed by atoms with van der Waals surface area (Å²) in [5, 5.41) is 18.4. The highest BCUT2D eigenvalue weighted by Gasteiger charge is 2.20. The van der Waals surface area contributed by atoms with E-state index in [1.165, 1.54) is 47.1 Å². The number of carbonyl (C=O) groups is 1. The van der Waals surface area contributed by atoms with E-state index >= 15 is 0 Å². The maximum atomic E-state index is 12.5. The molecule has 1 aromatic heterocycles. The van der Waals surface area contributed by atoms with E-state index in [1.807, 2.05) is 0 Å². The third kappa shape index (κ3) is 3.88. The number of halogens is 2. The Hall–Kier alpha value is -3.23. The number of carbonyl (C=O) groups excluding carboxylic acids is 1. The number of amides is 1. The van der Waals surface area contributed by atoms with Gasteiger partial charge in [0.05, 0.1) is 15.0 Å². The molecule has 1 heterocycles. The van der Waals surface area contributed by atoms with Gasteiger partial charge in [-0.1, -0.05) is 35.3 Å². The van der Waals surface area contributed by atoms with Crippen molar-refractivity contribution in [3.8, 4) is 5.69 Å². The van der Waals surface area contributed by atoms with Crippen molar-refractivity contribution in [3.05, 3.63) is 90.3 Å². The molecule has 2 aromatic carbocycles. The van der Waals surface area contributed by atoms with Gasteiger partial charge in [-0.05, 0) is 31.2 Å². The second kappa shape index (κ2) is 7.79. The van der Waals surface area contributed by atoms with E-state index in [4.69, 9.17) is 23.2 Å². The molecule has 3 rings (SSSR count). The molecule has 0 aliphatic heterocycles. The van der Waals surface area contributed by atoms with Gasteiger partial charge in [0.1, 0.15) is 5.69 Å². The summed E-state index contributed by atoms with van der Waals surface area (Å²) in [6, 6.07) is 11.5. The summed E-state index contributed by atoms with van der Waals surface area (Å²) in [7, 11) is 0. The Labute approximate surface area is 168 Å². The number of nitro groups is 1. The van der Waals surface area contributed by atoms with Gasteiger partial charge >= 0.3 is 0 Å². The summed E-state index contributed by atoms with van der Waals surface area (Å²) >= 11 is 11.8. The number of rotatable bonds is 4. The van der Waals surface area contributed by atoms with Crippen molar-refractivity contribution in [1.82, 2.24) is 9.78 Å². The number of aromatic nitrogens is 2. The fourth-order valence-corrected chi connectivity index (χ4v) is 2.81. The number of nitrogens with one attached hydrogen (secondary N) is 1. The predicted octanol–water partition coefficient (Wildman–Crippen LogP) is 4.01. The summed E-state index contributed by atoms with van der Waals surface area (Å²) in [4.78, 5) is 35.6. The molecular weight excluding hydrogens is 407 g/mol. The van der Waals surface area contributed by atoms with Crippen LogP contribution in [0.4, 0.5) is 11.4 Å². The quantitative estimate of drug-likeness (QED) is 0.508. The largest absolute Gasteiger partial charge is 0.320 e. The number of para-hydroxylation sites is 2. The fourth-order valence-electron chi connectivity index (χ4n) is 2.51. The Bertz CT molecular complexity index is 1160. The van der Waals surface area contributed by atoms with Gasteiger partial charge in [-0.25, -0.2) is 4.68 Å². The lowest BCUT2D eigenvalue weighted by molar-refractivity contribution is -0.384. The Morgan fingerprint density at radius 2 is 1.86 bits per heavy atom. The average molecular weight is 419 g/mol. The number of hydrogen-bond acceptors (Lipinski definition) is 5. The molecule has 10 heteroatoms. The van der Waals surface area contributed by atoms with E-state index in [-0.39, 0.29) is 16.4 Å². The van der Waals surface area contributed by atoms with Crippen molar-refractivity contribution in [3.63, 3.8) is 0 Å². The van der Waals surface area contributed by atoms with Crippen molar-refractivity contribution >= 4 is 40.5 Å². The van der Waals surface area contributed by atoms with Crippen LogP contribution < -0.4 is 10.7 Å². The van der Waals surface area contributed by atoms with Crippen LogP contribution in [-0.2, 0) is 0 Å². The zero-order valence-electron chi connectivity index (χ0n) is 14.3. The molecular formula is C18H12Cl2N4O4. The summed E-state index contributed by atoms with van der Waals surface area (Å²) in [6.45, 7) is 1.56. The number of benzene rings is 2. The van der Waals surface area contributed by atoms with Crippen LogP contribution >= 0.6 is 23.2 Å². The lowest BCUT2D eigenvalue weighted by Crippen LogP contribution is -2.27. The van der Waals surface area contributed by atoms with Crippen molar-refractivity contribution in [2.75, 3.05) is 5.32 Å². The molecule has 0 bridgehead atoms. The van der Waals surface area contributed by atoms with Crippen LogP contribution in [0.5, 0.6) is 0 Å². The van der Waals surface area contributed by atoms with Crippen molar-refractivity contribution in [2.24, 2.45) is 0 Å². The van der Waals surface area contributed by atoms with E-state index in [0.717, 1.165) is 0 Å². The smallest absolute Gasteiger partial charge is 0.294 e. The number of anilines is 1. The Balaban J connectivity index is 2.05. The number of aryl methyl sites for hydroxylation is 1. The molecule has 1 N–H and O–H groups in total. The molecule has 0 radical (unpaired) electrons. The molecule has 0 saturated heterocycles. The highest BCUT2D eigenvalue weighted by atomic mass is 35.5. The minimum Gasteiger partial charge on any atom is -0.320 e. The summed E-state index contributed by atoms with van der Waals surface area (Å²) in [6.07, 6.45) is 0. The first kappa shape index (κ1) is 19.5. The number of hydrogen-bond donors (Lipinski definition) is 1. The van der Waals surface area contributed by atoms with E-state index in [1.54, 1.807) is 13.0 Å². The topological polar surface area (TPSA) is 107 Å². The van der Waals surface area contributed by atoms with E-state index in [9.17, 15) is 19.7 Å². The van der Waals surface area contributed by atoms with Crippen LogP contribution in [0.1, 0.15) is 16.2 Å². The van der Waals surface area contributed by atoms with Gasteiger partial charge in [-0.2, -0.15) is 5.10 Å². The first-order valence-electron chi connectivity index (χ1n) is 7.89. The van der Waals surface area contributed by atoms with Gasteiger partial charge in [-0.15, -0.1) is 0 Å². The molecule has 0 atom stereocenters. The third-order valence-corrected chi connectivity index (χ3v) is 4.55. The minimum atomic E-state index is -0.782. The summed E-state index contributed by atoms with van der Waals surface area (Å²) in [5.74, 6) is -0.782. The molecule has 0 saturated carbocycles. The molecule has 0 aliphatic carbocycles. The zero-order chi connectivity index (χ0) is 20.4. The van der Waals surface area contributed by atoms with Crippen LogP contribution in [0.25, 0.3) is 5.69 Å². The minimum absolute atomic E-state index is 0.133. The van der Waals surface area contributed by atoms with Gasteiger partial charge in [-0.3, -0.25) is 19.7 Å². The molecule has 0 fully saturated rings. The van der Waals surface area contributed by atoms with Gasteiger partial charge in [0.2, 0.25) is 5.43 Å². The van der Waals surface area contributed by atoms with Crippen molar-refractivity contribution in [2.45, 2.75) is 6.92 Å². The second-order valence-electron chi connectivity index (χ2n) is 5.74. The van der Waals surface area contributed by atoms with Gasteiger partial charge < -0.3 is 5.32 Å². The number of nitro benzene ring substituents is 1. The summed E-state index contributed by atoms with van der Waals surface area (Å²) < 4.78 is 1.18. The lowest BCUT2D eigenvalue weighted by Gasteiger charge is -2.12. The third-order valence-electron chi connectivity index (χ3n) is 3.81. The second-order valence-corrected chi connectivity index (χ2v) is 6.55. The average Bonchev–Trinajstić information content (AvgIpc) is 2.64. The first-order valence-corrected chi connectivity index (χ1v) is 8.64. The van der Waals surface area contributed by atoms with Gasteiger partial charge in [0.15, 0.2) is 5.69 Å². The maximum absolute atomic E-state index is 12.5. The molecule has 0 spiro atoms. The van der Waals surface area contributed by atoms with Crippen molar-refractivity contribution < 1.29 is 9.72 Å². The van der Waals surface area contributed by atoms with E-state index in [2.05, 4.69) is 10.4 Å². The van der Waals surface area contributed by atoms with Crippen molar-refractivity contribution in [1.29, 1.82) is 0 Å². The van der Waals surface area contributed by atoms with Crippen LogP contribution in [0.2, 0.25) is 10.0 Å². The Kier molecular flexibility index (Phi) is 5.43. The maximum Gasteiger partial charge on any atom is 0.294 e. The fraction of sp³-hybridized carbons (Fsp3) is 0.0556. The number of nitrogens with zero attached hydrogens (tertiary/aromatic N) is 3. The Morgan fingerprint density at radius 1 is 1.14 bits per heavy atom. The molecule has 142 valence electrons. The highest BCUT2D eigenvalue weighted by Crippen LogP contribution is 2.25. The zero-order valence-corrected chi connectivity index (χ0v) is 15.9. The lowest BCUT2D eigenvalue weighted by atomic mass is 10.2. The molecule has 0 aliphatic rings. The van der Waals surface area contributed by atoms with Crippen LogP contribution in [0.15, 0.2) is 53.3 Å². The van der Waals surface area contributed by atoms with E-state index < -0.39 is 22.0 Å². The molecule has 1 amide bonds. The molecule has 28 heavy (non-hydrogen) atoms. The van der Waals surface area contributed by atoms with Gasteiger partial charge in [0, 0.05) is 23.5 Å². The highest BCUT2D eigenvalue weighted by molar-refractivity contribution is 6.42. The SMILES string of the molecule is Cc1cc(=O)c(C(=O)Nc2ccc(Cl)c(Cl)c2)nn1-c1ccccc1[N+](=O)[O-]. The molecule has 8 nitrogen and oxygen atoms in total. The van der Waals surface area contributed by atoms with Crippen LogP contribution in [-0.4, -0.2) is 20.6 Å². The standard InChI is InChI=1S/C18H12Cl2N4O4/c1-10-8-16(25)17(18(26)21-11-6-7-12(19)13(20)9-11)22-23(10)14-4-2-3-5-15(14)24(27)28/h2-9H,1H3,(H,21,26). The van der Waals surface area contributed by atoms with Gasteiger partial charge in [0.25, 0.3) is 11.6 Å². The molecule has 3 aromatic rings. The normalized spacial score (nSPS) is 10.5.